The smallest absolute Gasteiger partial charge is 0.315 e. The van der Waals surface area contributed by atoms with Crippen LogP contribution < -0.4 is 0 Å². The minimum Gasteiger partial charge on any atom is -0.457 e. The van der Waals surface area contributed by atoms with Gasteiger partial charge >= 0.3 is 5.97 Å². The molecule has 108 valence electrons. The standard InChI is InChI=1S/C13H10Cl4O3/c1-12(6-13(12,16)17)11(19)20-5-10(18)8-4-7(14)2-3-9(8)15/h2-4H,5-6H2,1H3/t12-/m1/s1. The number of carbonyl (C=O) groups is 2. The van der Waals surface area contributed by atoms with E-state index in [9.17, 15) is 9.59 Å². The minimum atomic E-state index is -1.12. The second-order valence-corrected chi connectivity index (χ2v) is 7.16. The first-order chi connectivity index (χ1) is 9.17. The van der Waals surface area contributed by atoms with E-state index < -0.39 is 28.1 Å². The normalized spacial score (nSPS) is 23.2. The SMILES string of the molecule is C[C@]1(C(=O)OCC(=O)c2cc(Cl)ccc2Cl)CC1(Cl)Cl. The van der Waals surface area contributed by atoms with Crippen molar-refractivity contribution in [2.24, 2.45) is 5.41 Å². The maximum Gasteiger partial charge on any atom is 0.315 e. The molecule has 2 rings (SSSR count). The Labute approximate surface area is 136 Å². The second kappa shape index (κ2) is 5.38. The van der Waals surface area contributed by atoms with Gasteiger partial charge in [-0.1, -0.05) is 23.2 Å². The zero-order chi connectivity index (χ0) is 15.1. The molecule has 0 aromatic heterocycles. The number of hydrogen-bond donors (Lipinski definition) is 0. The zero-order valence-corrected chi connectivity index (χ0v) is 13.4. The lowest BCUT2D eigenvalue weighted by atomic mass is 10.1. The second-order valence-electron chi connectivity index (χ2n) is 4.84. The van der Waals surface area contributed by atoms with Gasteiger partial charge in [-0.15, -0.1) is 23.2 Å². The van der Waals surface area contributed by atoms with E-state index in [2.05, 4.69) is 0 Å². The topological polar surface area (TPSA) is 43.4 Å². The molecule has 1 aromatic rings. The van der Waals surface area contributed by atoms with Gasteiger partial charge in [0.05, 0.1) is 5.02 Å². The number of esters is 1. The molecule has 1 atom stereocenters. The molecular weight excluding hydrogens is 346 g/mol. The molecule has 3 nitrogen and oxygen atoms in total. The third-order valence-corrected chi connectivity index (χ3v) is 4.94. The van der Waals surface area contributed by atoms with Gasteiger partial charge in [0.2, 0.25) is 5.78 Å². The number of carbonyl (C=O) groups excluding carboxylic acids is 2. The van der Waals surface area contributed by atoms with E-state index >= 15 is 0 Å². The molecule has 0 spiro atoms. The van der Waals surface area contributed by atoms with Gasteiger partial charge in [0.15, 0.2) is 6.61 Å². The number of halogens is 4. The minimum absolute atomic E-state index is 0.205. The fourth-order valence-corrected chi connectivity index (χ4v) is 2.78. The summed E-state index contributed by atoms with van der Waals surface area (Å²) in [7, 11) is 0. The van der Waals surface area contributed by atoms with Crippen molar-refractivity contribution in [3.05, 3.63) is 33.8 Å². The van der Waals surface area contributed by atoms with Gasteiger partial charge in [-0.05, 0) is 25.1 Å². The van der Waals surface area contributed by atoms with Crippen LogP contribution in [0.15, 0.2) is 18.2 Å². The van der Waals surface area contributed by atoms with Gasteiger partial charge < -0.3 is 4.74 Å². The van der Waals surface area contributed by atoms with Gasteiger partial charge in [0.25, 0.3) is 0 Å². The number of rotatable bonds is 4. The molecule has 0 heterocycles. The van der Waals surface area contributed by atoms with Gasteiger partial charge in [-0.25, -0.2) is 0 Å². The molecule has 0 bridgehead atoms. The molecule has 1 aliphatic rings. The van der Waals surface area contributed by atoms with Crippen molar-refractivity contribution in [3.63, 3.8) is 0 Å². The average Bonchev–Trinajstić information content (AvgIpc) is 2.89. The number of ether oxygens (including phenoxy) is 1. The van der Waals surface area contributed by atoms with Crippen LogP contribution in [0.2, 0.25) is 10.0 Å². The van der Waals surface area contributed by atoms with Crippen molar-refractivity contribution in [2.75, 3.05) is 6.61 Å². The Hall–Kier alpha value is -0.480. The van der Waals surface area contributed by atoms with Crippen molar-refractivity contribution in [3.8, 4) is 0 Å². The first-order valence-corrected chi connectivity index (χ1v) is 7.22. The van der Waals surface area contributed by atoms with Crippen LogP contribution in [0.3, 0.4) is 0 Å². The van der Waals surface area contributed by atoms with Crippen molar-refractivity contribution in [1.82, 2.24) is 0 Å². The van der Waals surface area contributed by atoms with E-state index in [-0.39, 0.29) is 10.6 Å². The molecule has 0 N–H and O–H groups in total. The Balaban J connectivity index is 2.00. The van der Waals surface area contributed by atoms with Gasteiger partial charge in [0, 0.05) is 17.0 Å². The summed E-state index contributed by atoms with van der Waals surface area (Å²) in [5.74, 6) is -1.04. The molecule has 0 radical (unpaired) electrons. The van der Waals surface area contributed by atoms with E-state index in [0.717, 1.165) is 0 Å². The number of hydrogen-bond acceptors (Lipinski definition) is 3. The zero-order valence-electron chi connectivity index (χ0n) is 10.4. The van der Waals surface area contributed by atoms with Crippen molar-refractivity contribution >= 4 is 58.2 Å². The molecule has 0 unspecified atom stereocenters. The molecule has 1 fully saturated rings. The highest BCUT2D eigenvalue weighted by Gasteiger charge is 2.69. The van der Waals surface area contributed by atoms with Crippen LogP contribution in [0.25, 0.3) is 0 Å². The van der Waals surface area contributed by atoms with Crippen LogP contribution >= 0.6 is 46.4 Å². The summed E-state index contributed by atoms with van der Waals surface area (Å²) in [6, 6.07) is 4.49. The molecule has 1 aliphatic carbocycles. The molecule has 0 aliphatic heterocycles. The van der Waals surface area contributed by atoms with E-state index in [0.29, 0.717) is 11.4 Å². The van der Waals surface area contributed by atoms with E-state index in [1.54, 1.807) is 13.0 Å². The fraction of sp³-hybridized carbons (Fsp3) is 0.385. The molecule has 1 saturated carbocycles. The van der Waals surface area contributed by atoms with Crippen LogP contribution in [0.4, 0.5) is 0 Å². The van der Waals surface area contributed by atoms with Crippen molar-refractivity contribution in [1.29, 1.82) is 0 Å². The average molecular weight is 356 g/mol. The molecule has 20 heavy (non-hydrogen) atoms. The molecule has 0 amide bonds. The highest BCUT2D eigenvalue weighted by molar-refractivity contribution is 6.53. The third kappa shape index (κ3) is 2.91. The first-order valence-electron chi connectivity index (χ1n) is 5.71. The Morgan fingerprint density at radius 2 is 1.90 bits per heavy atom. The van der Waals surface area contributed by atoms with Crippen LogP contribution in [0, 0.1) is 5.41 Å². The third-order valence-electron chi connectivity index (χ3n) is 3.27. The van der Waals surface area contributed by atoms with E-state index in [1.807, 2.05) is 0 Å². The molecule has 0 saturated heterocycles. The van der Waals surface area contributed by atoms with Crippen LogP contribution in [0.5, 0.6) is 0 Å². The largest absolute Gasteiger partial charge is 0.457 e. The van der Waals surface area contributed by atoms with Crippen LogP contribution in [0.1, 0.15) is 23.7 Å². The molecular formula is C13H10Cl4O3. The summed E-state index contributed by atoms with van der Waals surface area (Å²) in [5.41, 5.74) is -0.759. The van der Waals surface area contributed by atoms with Gasteiger partial charge in [-0.2, -0.15) is 0 Å². The summed E-state index contributed by atoms with van der Waals surface area (Å²) in [5, 5.41) is 0.621. The lowest BCUT2D eigenvalue weighted by Gasteiger charge is -2.11. The number of Topliss-reactive ketones (excluding diaryl/α,β-unsaturated/α-hetero) is 1. The van der Waals surface area contributed by atoms with Crippen molar-refractivity contribution < 1.29 is 14.3 Å². The highest BCUT2D eigenvalue weighted by Crippen LogP contribution is 2.64. The van der Waals surface area contributed by atoms with Crippen molar-refractivity contribution in [2.45, 2.75) is 17.7 Å². The first kappa shape index (κ1) is 15.9. The van der Waals surface area contributed by atoms with Gasteiger partial charge in [-0.3, -0.25) is 9.59 Å². The quantitative estimate of drug-likeness (QED) is 0.459. The lowest BCUT2D eigenvalue weighted by molar-refractivity contribution is -0.148. The fourth-order valence-electron chi connectivity index (χ4n) is 1.70. The van der Waals surface area contributed by atoms with E-state index in [1.165, 1.54) is 12.1 Å². The summed E-state index contributed by atoms with van der Waals surface area (Å²) in [4.78, 5) is 23.8. The highest BCUT2D eigenvalue weighted by atomic mass is 35.5. The van der Waals surface area contributed by atoms with Crippen LogP contribution in [-0.2, 0) is 9.53 Å². The Kier molecular flexibility index (Phi) is 4.27. The summed E-state index contributed by atoms with van der Waals surface area (Å²) in [6.45, 7) is 1.16. The maximum atomic E-state index is 11.9. The predicted molar refractivity (Wildman–Crippen MR) is 78.9 cm³/mol. The maximum absolute atomic E-state index is 11.9. The Bertz CT molecular complexity index is 585. The summed E-state index contributed by atoms with van der Waals surface area (Å²) < 4.78 is 3.83. The summed E-state index contributed by atoms with van der Waals surface area (Å²) >= 11 is 23.4. The Morgan fingerprint density at radius 3 is 2.45 bits per heavy atom. The van der Waals surface area contributed by atoms with Crippen LogP contribution in [-0.4, -0.2) is 22.7 Å². The summed E-state index contributed by atoms with van der Waals surface area (Å²) in [6.07, 6.45) is 0.300. The predicted octanol–water partition coefficient (Wildman–Crippen LogP) is 4.30. The van der Waals surface area contributed by atoms with E-state index in [4.69, 9.17) is 51.1 Å². The number of ketones is 1. The Morgan fingerprint density at radius 1 is 1.30 bits per heavy atom. The molecule has 1 aromatic carbocycles. The molecule has 7 heteroatoms. The number of benzene rings is 1. The van der Waals surface area contributed by atoms with Gasteiger partial charge in [0.1, 0.15) is 9.75 Å². The number of alkyl halides is 2. The lowest BCUT2D eigenvalue weighted by Crippen LogP contribution is -2.24. The monoisotopic (exact) mass is 354 g/mol.